The highest BCUT2D eigenvalue weighted by atomic mass is 15.2. The average molecular weight is 592 g/mol. The van der Waals surface area contributed by atoms with E-state index in [0.29, 0.717) is 11.3 Å². The zero-order valence-electron chi connectivity index (χ0n) is 28.1. The fraction of sp³-hybridized carbons (Fsp3) is 0.250. The first-order valence-electron chi connectivity index (χ1n) is 15.6. The lowest BCUT2D eigenvalue weighted by atomic mass is 9.88. The molecule has 5 heteroatoms. The Bertz CT molecular complexity index is 2030. The van der Waals surface area contributed by atoms with Crippen LogP contribution in [0.3, 0.4) is 0 Å². The average Bonchev–Trinajstić information content (AvgIpc) is 2.99. The van der Waals surface area contributed by atoms with Crippen molar-refractivity contribution in [2.75, 3.05) is 4.90 Å². The Balaban J connectivity index is 1.57. The molecular weight excluding hydrogens is 550 g/mol. The van der Waals surface area contributed by atoms with Crippen LogP contribution in [-0.4, -0.2) is 19.9 Å². The van der Waals surface area contributed by atoms with Gasteiger partial charge in [0.05, 0.1) is 23.3 Å². The summed E-state index contributed by atoms with van der Waals surface area (Å²) in [6.45, 7) is 22.1. The van der Waals surface area contributed by atoms with E-state index in [-0.39, 0.29) is 0 Å². The minimum atomic E-state index is 0.553. The SMILES string of the molecule is Cc1cc(C)c(-c2ccc(N(c3c(C)cc(C)cc3C)c3c(C)c(C)c(-c4cnc5nccnc5n4)c(C)c3C)cc2)c(C)c1. The van der Waals surface area contributed by atoms with Crippen LogP contribution in [0.25, 0.3) is 33.7 Å². The van der Waals surface area contributed by atoms with Crippen molar-refractivity contribution in [2.45, 2.75) is 69.2 Å². The van der Waals surface area contributed by atoms with Crippen molar-refractivity contribution in [1.82, 2.24) is 19.9 Å². The van der Waals surface area contributed by atoms with Gasteiger partial charge >= 0.3 is 0 Å². The van der Waals surface area contributed by atoms with E-state index in [0.717, 1.165) is 16.9 Å². The molecule has 0 saturated heterocycles. The maximum absolute atomic E-state index is 4.89. The van der Waals surface area contributed by atoms with Crippen molar-refractivity contribution < 1.29 is 0 Å². The summed E-state index contributed by atoms with van der Waals surface area (Å²) >= 11 is 0. The Morgan fingerprint density at radius 1 is 0.489 bits per heavy atom. The van der Waals surface area contributed by atoms with E-state index in [1.165, 1.54) is 78.1 Å². The minimum absolute atomic E-state index is 0.553. The lowest BCUT2D eigenvalue weighted by Crippen LogP contribution is -2.17. The number of hydrogen-bond donors (Lipinski definition) is 0. The van der Waals surface area contributed by atoms with Crippen LogP contribution in [0.5, 0.6) is 0 Å². The van der Waals surface area contributed by atoms with Gasteiger partial charge in [-0.05, 0) is 137 Å². The summed E-state index contributed by atoms with van der Waals surface area (Å²) in [4.78, 5) is 20.7. The molecule has 226 valence electrons. The maximum Gasteiger partial charge on any atom is 0.198 e. The molecule has 0 atom stereocenters. The Labute approximate surface area is 267 Å². The molecule has 0 bridgehead atoms. The molecule has 45 heavy (non-hydrogen) atoms. The Kier molecular flexibility index (Phi) is 7.74. The van der Waals surface area contributed by atoms with Crippen LogP contribution in [0.15, 0.2) is 67.1 Å². The van der Waals surface area contributed by atoms with Gasteiger partial charge < -0.3 is 4.90 Å². The summed E-state index contributed by atoms with van der Waals surface area (Å²) in [6, 6.07) is 18.2. The molecule has 0 aliphatic carbocycles. The van der Waals surface area contributed by atoms with Crippen LogP contribution in [0, 0.1) is 69.2 Å². The molecule has 0 aliphatic rings. The van der Waals surface area contributed by atoms with Crippen LogP contribution >= 0.6 is 0 Å². The number of rotatable bonds is 5. The summed E-state index contributed by atoms with van der Waals surface area (Å²) in [5.41, 5.74) is 21.6. The molecule has 6 aromatic rings. The molecule has 4 aromatic carbocycles. The molecule has 0 saturated carbocycles. The number of aromatic nitrogens is 4. The highest BCUT2D eigenvalue weighted by Gasteiger charge is 2.26. The molecule has 2 heterocycles. The molecule has 0 spiro atoms. The van der Waals surface area contributed by atoms with Crippen molar-refractivity contribution in [3.8, 4) is 22.4 Å². The van der Waals surface area contributed by atoms with Gasteiger partial charge in [-0.2, -0.15) is 0 Å². The first-order chi connectivity index (χ1) is 21.5. The molecule has 0 unspecified atom stereocenters. The van der Waals surface area contributed by atoms with Crippen LogP contribution in [0.2, 0.25) is 0 Å². The Hall–Kier alpha value is -4.90. The molecule has 0 radical (unpaired) electrons. The minimum Gasteiger partial charge on any atom is -0.309 e. The van der Waals surface area contributed by atoms with E-state index < -0.39 is 0 Å². The summed E-state index contributed by atoms with van der Waals surface area (Å²) < 4.78 is 0. The number of hydrogen-bond acceptors (Lipinski definition) is 5. The molecule has 6 rings (SSSR count). The number of aryl methyl sites for hydroxylation is 6. The third kappa shape index (κ3) is 5.27. The zero-order valence-corrected chi connectivity index (χ0v) is 28.1. The highest BCUT2D eigenvalue weighted by molar-refractivity contribution is 5.89. The first-order valence-corrected chi connectivity index (χ1v) is 15.6. The van der Waals surface area contributed by atoms with Crippen molar-refractivity contribution in [3.63, 3.8) is 0 Å². The van der Waals surface area contributed by atoms with Crippen molar-refractivity contribution in [3.05, 3.63) is 123 Å². The van der Waals surface area contributed by atoms with Gasteiger partial charge in [-0.1, -0.05) is 47.5 Å². The largest absolute Gasteiger partial charge is 0.309 e. The molecule has 0 fully saturated rings. The van der Waals surface area contributed by atoms with Crippen molar-refractivity contribution in [2.24, 2.45) is 0 Å². The second kappa shape index (κ2) is 11.6. The third-order valence-corrected chi connectivity index (χ3v) is 9.21. The van der Waals surface area contributed by atoms with Crippen LogP contribution in [-0.2, 0) is 0 Å². The maximum atomic E-state index is 4.89. The standard InChI is InChI=1S/C40H41N5/c1-22-17-24(3)35(25(4)18-22)32-11-13-33(14-12-32)45(37-26(5)19-23(2)20-27(37)6)38-30(9)28(7)36(29(8)31(38)10)34-21-43-39-40(44-34)42-16-15-41-39/h11-21H,1-10H3. The lowest BCUT2D eigenvalue weighted by Gasteiger charge is -2.34. The van der Waals surface area contributed by atoms with Gasteiger partial charge in [0, 0.05) is 23.6 Å². The summed E-state index contributed by atoms with van der Waals surface area (Å²) in [7, 11) is 0. The third-order valence-electron chi connectivity index (χ3n) is 9.21. The number of anilines is 3. The number of benzene rings is 4. The van der Waals surface area contributed by atoms with E-state index in [1.54, 1.807) is 12.4 Å². The van der Waals surface area contributed by atoms with E-state index in [2.05, 4.69) is 138 Å². The van der Waals surface area contributed by atoms with Gasteiger partial charge in [-0.3, -0.25) is 0 Å². The molecule has 5 nitrogen and oxygen atoms in total. The van der Waals surface area contributed by atoms with E-state index in [9.17, 15) is 0 Å². The van der Waals surface area contributed by atoms with E-state index >= 15 is 0 Å². The summed E-state index contributed by atoms with van der Waals surface area (Å²) in [5, 5.41) is 0. The van der Waals surface area contributed by atoms with Crippen LogP contribution < -0.4 is 4.90 Å². The Morgan fingerprint density at radius 3 is 1.56 bits per heavy atom. The van der Waals surface area contributed by atoms with E-state index in [4.69, 9.17) is 4.98 Å². The fourth-order valence-electron chi connectivity index (χ4n) is 7.20. The number of nitrogens with zero attached hydrogens (tertiary/aromatic N) is 5. The van der Waals surface area contributed by atoms with E-state index in [1.807, 2.05) is 6.20 Å². The topological polar surface area (TPSA) is 54.8 Å². The predicted molar refractivity (Wildman–Crippen MR) is 188 cm³/mol. The fourth-order valence-corrected chi connectivity index (χ4v) is 7.20. The van der Waals surface area contributed by atoms with Gasteiger partial charge in [0.1, 0.15) is 0 Å². The van der Waals surface area contributed by atoms with Gasteiger partial charge in [-0.25, -0.2) is 19.9 Å². The zero-order chi connectivity index (χ0) is 32.2. The molecule has 0 N–H and O–H groups in total. The van der Waals surface area contributed by atoms with Gasteiger partial charge in [0.15, 0.2) is 11.3 Å². The smallest absolute Gasteiger partial charge is 0.198 e. The molecule has 0 amide bonds. The van der Waals surface area contributed by atoms with Crippen LogP contribution in [0.1, 0.15) is 55.6 Å². The van der Waals surface area contributed by atoms with Gasteiger partial charge in [0.2, 0.25) is 0 Å². The monoisotopic (exact) mass is 591 g/mol. The lowest BCUT2D eigenvalue weighted by molar-refractivity contribution is 1.12. The van der Waals surface area contributed by atoms with Crippen LogP contribution in [0.4, 0.5) is 17.1 Å². The normalized spacial score (nSPS) is 11.3. The quantitative estimate of drug-likeness (QED) is 0.200. The van der Waals surface area contributed by atoms with Crippen molar-refractivity contribution in [1.29, 1.82) is 0 Å². The summed E-state index contributed by atoms with van der Waals surface area (Å²) in [5.74, 6) is 0. The number of fused-ring (bicyclic) bond motifs is 1. The molecule has 2 aromatic heterocycles. The Morgan fingerprint density at radius 2 is 1.00 bits per heavy atom. The predicted octanol–water partition coefficient (Wildman–Crippen LogP) is 10.3. The first kappa shape index (κ1) is 30.1. The molecule has 0 aliphatic heterocycles. The summed E-state index contributed by atoms with van der Waals surface area (Å²) in [6.07, 6.45) is 5.14. The van der Waals surface area contributed by atoms with Gasteiger partial charge in [0.25, 0.3) is 0 Å². The molecular formula is C40H41N5. The highest BCUT2D eigenvalue weighted by Crippen LogP contribution is 2.46. The second-order valence-corrected chi connectivity index (χ2v) is 12.6. The van der Waals surface area contributed by atoms with Crippen molar-refractivity contribution >= 4 is 28.4 Å². The van der Waals surface area contributed by atoms with Gasteiger partial charge in [-0.15, -0.1) is 0 Å². The second-order valence-electron chi connectivity index (χ2n) is 12.6.